The molecule has 1 saturated heterocycles. The second kappa shape index (κ2) is 5.68. The monoisotopic (exact) mass is 308 g/mol. The van der Waals surface area contributed by atoms with E-state index in [0.717, 1.165) is 30.0 Å². The number of anilines is 1. The Hall–Kier alpha value is -2.96. The normalized spacial score (nSPS) is 15.1. The van der Waals surface area contributed by atoms with Gasteiger partial charge in [-0.3, -0.25) is 4.79 Å². The van der Waals surface area contributed by atoms with Gasteiger partial charge < -0.3 is 9.80 Å². The zero-order valence-corrected chi connectivity index (χ0v) is 12.5. The molecule has 0 atom stereocenters. The fraction of sp³-hybridized carbons (Fsp3) is 0.250. The van der Waals surface area contributed by atoms with Gasteiger partial charge in [-0.05, 0) is 12.1 Å². The van der Waals surface area contributed by atoms with Crippen LogP contribution in [0.3, 0.4) is 0 Å². The molecule has 0 bridgehead atoms. The number of rotatable bonds is 2. The highest BCUT2D eigenvalue weighted by atomic mass is 16.2. The van der Waals surface area contributed by atoms with E-state index in [2.05, 4.69) is 20.2 Å². The lowest BCUT2D eigenvalue weighted by Gasteiger charge is -2.35. The van der Waals surface area contributed by atoms with Gasteiger partial charge in [0.05, 0.1) is 11.9 Å². The second-order valence-corrected chi connectivity index (χ2v) is 5.49. The van der Waals surface area contributed by atoms with E-state index in [1.54, 1.807) is 10.8 Å². The number of hydrogen-bond donors (Lipinski definition) is 0. The van der Waals surface area contributed by atoms with Crippen LogP contribution in [0, 0.1) is 0 Å². The predicted octanol–water partition coefficient (Wildman–Crippen LogP) is 1.09. The van der Waals surface area contributed by atoms with Gasteiger partial charge in [0.2, 0.25) is 0 Å². The van der Waals surface area contributed by atoms with Gasteiger partial charge in [0.1, 0.15) is 6.33 Å². The molecule has 1 fully saturated rings. The molecule has 2 aromatic heterocycles. The van der Waals surface area contributed by atoms with E-state index in [1.165, 1.54) is 0 Å². The quantitative estimate of drug-likeness (QED) is 0.709. The summed E-state index contributed by atoms with van der Waals surface area (Å²) in [7, 11) is 0. The molecule has 0 N–H and O–H groups in total. The predicted molar refractivity (Wildman–Crippen MR) is 85.3 cm³/mol. The van der Waals surface area contributed by atoms with E-state index < -0.39 is 0 Å². The van der Waals surface area contributed by atoms with E-state index >= 15 is 0 Å². The van der Waals surface area contributed by atoms with Crippen molar-refractivity contribution in [1.82, 2.24) is 24.7 Å². The molecule has 116 valence electrons. The zero-order valence-electron chi connectivity index (χ0n) is 12.5. The summed E-state index contributed by atoms with van der Waals surface area (Å²) in [4.78, 5) is 16.6. The first-order valence-corrected chi connectivity index (χ1v) is 7.56. The Morgan fingerprint density at radius 2 is 1.83 bits per heavy atom. The largest absolute Gasteiger partial charge is 0.367 e. The van der Waals surface area contributed by atoms with E-state index in [0.29, 0.717) is 13.1 Å². The molecular weight excluding hydrogens is 292 g/mol. The smallest absolute Gasteiger partial charge is 0.253 e. The molecule has 0 radical (unpaired) electrons. The number of benzene rings is 1. The summed E-state index contributed by atoms with van der Waals surface area (Å²) >= 11 is 0. The minimum absolute atomic E-state index is 0.0938. The lowest BCUT2D eigenvalue weighted by molar-refractivity contribution is 0.0747. The van der Waals surface area contributed by atoms with Crippen LogP contribution in [-0.2, 0) is 0 Å². The van der Waals surface area contributed by atoms with Crippen LogP contribution < -0.4 is 4.90 Å². The van der Waals surface area contributed by atoms with Crippen molar-refractivity contribution in [3.63, 3.8) is 0 Å². The van der Waals surface area contributed by atoms with Crippen molar-refractivity contribution in [1.29, 1.82) is 0 Å². The van der Waals surface area contributed by atoms with Crippen LogP contribution in [-0.4, -0.2) is 56.8 Å². The average Bonchev–Trinajstić information content (AvgIpc) is 3.10. The molecule has 7 heteroatoms. The van der Waals surface area contributed by atoms with Crippen molar-refractivity contribution in [2.24, 2.45) is 0 Å². The van der Waals surface area contributed by atoms with E-state index in [4.69, 9.17) is 0 Å². The minimum atomic E-state index is 0.0938. The highest BCUT2D eigenvalue weighted by Crippen LogP contribution is 2.17. The molecule has 4 rings (SSSR count). The van der Waals surface area contributed by atoms with Crippen LogP contribution in [0.1, 0.15) is 10.4 Å². The summed E-state index contributed by atoms with van der Waals surface area (Å²) in [6.45, 7) is 2.96. The maximum Gasteiger partial charge on any atom is 0.253 e. The molecule has 3 heterocycles. The first-order valence-electron chi connectivity index (χ1n) is 7.56. The summed E-state index contributed by atoms with van der Waals surface area (Å²) in [5, 5.41) is 12.1. The molecule has 1 amide bonds. The van der Waals surface area contributed by atoms with Gasteiger partial charge in [-0.1, -0.05) is 18.2 Å². The molecule has 1 aliphatic heterocycles. The zero-order chi connectivity index (χ0) is 15.6. The van der Waals surface area contributed by atoms with E-state index in [9.17, 15) is 4.79 Å². The van der Waals surface area contributed by atoms with Crippen molar-refractivity contribution in [3.8, 4) is 0 Å². The Balaban J connectivity index is 1.45. The molecule has 23 heavy (non-hydrogen) atoms. The maximum atomic E-state index is 12.5. The lowest BCUT2D eigenvalue weighted by atomic mass is 10.2. The van der Waals surface area contributed by atoms with Gasteiger partial charge in [-0.2, -0.15) is 5.10 Å². The van der Waals surface area contributed by atoms with Gasteiger partial charge in [0.25, 0.3) is 5.91 Å². The van der Waals surface area contributed by atoms with Crippen LogP contribution in [0.25, 0.3) is 5.65 Å². The molecule has 3 aromatic rings. The minimum Gasteiger partial charge on any atom is -0.367 e. The lowest BCUT2D eigenvalue weighted by Crippen LogP contribution is -2.48. The van der Waals surface area contributed by atoms with Gasteiger partial charge in [-0.25, -0.2) is 4.52 Å². The second-order valence-electron chi connectivity index (χ2n) is 5.49. The van der Waals surface area contributed by atoms with Crippen molar-refractivity contribution in [2.45, 2.75) is 0 Å². The molecule has 0 aliphatic carbocycles. The SMILES string of the molecule is O=C(c1ccccc1)N1CCN(c2cnn3cnnc3c2)CC1. The standard InChI is InChI=1S/C16H16N6O/c23-16(13-4-2-1-3-5-13)21-8-6-20(7-9-21)14-10-15-19-17-12-22(15)18-11-14/h1-5,10-12H,6-9H2. The van der Waals surface area contributed by atoms with Gasteiger partial charge in [0, 0.05) is 37.8 Å². The molecular formula is C16H16N6O. The maximum absolute atomic E-state index is 12.5. The number of carbonyl (C=O) groups excluding carboxylic acids is 1. The number of piperazine rings is 1. The van der Waals surface area contributed by atoms with Crippen LogP contribution >= 0.6 is 0 Å². The summed E-state index contributed by atoms with van der Waals surface area (Å²) in [5.41, 5.74) is 2.48. The number of nitrogens with zero attached hydrogens (tertiary/aromatic N) is 6. The number of carbonyl (C=O) groups is 1. The summed E-state index contributed by atoms with van der Waals surface area (Å²) < 4.78 is 1.64. The third-order valence-electron chi connectivity index (χ3n) is 4.10. The van der Waals surface area contributed by atoms with Crippen molar-refractivity contribution < 1.29 is 4.79 Å². The Morgan fingerprint density at radius 1 is 1.04 bits per heavy atom. The topological polar surface area (TPSA) is 66.6 Å². The van der Waals surface area contributed by atoms with E-state index in [1.807, 2.05) is 47.5 Å². The average molecular weight is 308 g/mol. The van der Waals surface area contributed by atoms with Gasteiger partial charge in [0.15, 0.2) is 5.65 Å². The number of hydrogen-bond acceptors (Lipinski definition) is 5. The van der Waals surface area contributed by atoms with E-state index in [-0.39, 0.29) is 5.91 Å². The fourth-order valence-electron chi connectivity index (χ4n) is 2.82. The Bertz CT molecular complexity index is 823. The molecule has 0 saturated carbocycles. The van der Waals surface area contributed by atoms with Crippen molar-refractivity contribution >= 4 is 17.2 Å². The highest BCUT2D eigenvalue weighted by molar-refractivity contribution is 5.94. The first kappa shape index (κ1) is 13.7. The molecule has 0 spiro atoms. The third kappa shape index (κ3) is 2.61. The number of aromatic nitrogens is 4. The molecule has 7 nitrogen and oxygen atoms in total. The van der Waals surface area contributed by atoms with Crippen LogP contribution in [0.2, 0.25) is 0 Å². The van der Waals surface area contributed by atoms with Crippen LogP contribution in [0.5, 0.6) is 0 Å². The van der Waals surface area contributed by atoms with Crippen LogP contribution in [0.15, 0.2) is 48.9 Å². The van der Waals surface area contributed by atoms with Gasteiger partial charge >= 0.3 is 0 Å². The first-order chi connectivity index (χ1) is 11.3. The van der Waals surface area contributed by atoms with Gasteiger partial charge in [-0.15, -0.1) is 10.2 Å². The molecule has 1 aliphatic rings. The Morgan fingerprint density at radius 3 is 2.61 bits per heavy atom. The molecule has 0 unspecified atom stereocenters. The third-order valence-corrected chi connectivity index (χ3v) is 4.10. The summed E-state index contributed by atoms with van der Waals surface area (Å²) in [6.07, 6.45) is 3.39. The number of fused-ring (bicyclic) bond motifs is 1. The molecule has 1 aromatic carbocycles. The van der Waals surface area contributed by atoms with Crippen molar-refractivity contribution in [3.05, 3.63) is 54.5 Å². The van der Waals surface area contributed by atoms with Crippen LogP contribution in [0.4, 0.5) is 5.69 Å². The van der Waals surface area contributed by atoms with Crippen molar-refractivity contribution in [2.75, 3.05) is 31.1 Å². The Kier molecular flexibility index (Phi) is 3.38. The fourth-order valence-corrected chi connectivity index (χ4v) is 2.82. The Labute approximate surface area is 133 Å². The summed E-state index contributed by atoms with van der Waals surface area (Å²) in [5.74, 6) is 0.0938. The summed E-state index contributed by atoms with van der Waals surface area (Å²) in [6, 6.07) is 11.4. The highest BCUT2D eigenvalue weighted by Gasteiger charge is 2.22. The number of amides is 1.